The standard InChI is InChI=1S/C35H38N4O7S/c1-25-33(23-37-19-21-38(22-20-37)30-15-17-31(18-16-30)39(41)42)45-35(46-34(25)27-9-7-26(24-40)8-10-27)28-11-13-29(14-12-28)36-47(43,44)32-5-3-2-4-6-32/h2-18,25,33-36,40H,19-24H2,1H3. The molecule has 2 saturated heterocycles. The first kappa shape index (κ1) is 32.6. The number of ether oxygens (including phenoxy) is 2. The fourth-order valence-corrected chi connectivity index (χ4v) is 7.16. The molecule has 0 amide bonds. The molecule has 4 atom stereocenters. The van der Waals surface area contributed by atoms with Crippen molar-refractivity contribution in [3.05, 3.63) is 130 Å². The first-order valence-electron chi connectivity index (χ1n) is 15.6. The van der Waals surface area contributed by atoms with Gasteiger partial charge in [0.15, 0.2) is 6.29 Å². The predicted molar refractivity (Wildman–Crippen MR) is 178 cm³/mol. The third kappa shape index (κ3) is 7.64. The van der Waals surface area contributed by atoms with E-state index in [1.165, 1.54) is 12.1 Å². The van der Waals surface area contributed by atoms with Gasteiger partial charge < -0.3 is 19.5 Å². The van der Waals surface area contributed by atoms with Crippen molar-refractivity contribution in [3.63, 3.8) is 0 Å². The first-order chi connectivity index (χ1) is 22.7. The van der Waals surface area contributed by atoms with Gasteiger partial charge in [-0.25, -0.2) is 8.42 Å². The van der Waals surface area contributed by atoms with E-state index in [1.54, 1.807) is 54.6 Å². The van der Waals surface area contributed by atoms with Crippen molar-refractivity contribution in [1.29, 1.82) is 0 Å². The molecular formula is C35H38N4O7S. The monoisotopic (exact) mass is 658 g/mol. The Bertz CT molecular complexity index is 1750. The van der Waals surface area contributed by atoms with Gasteiger partial charge in [0.05, 0.1) is 28.6 Å². The van der Waals surface area contributed by atoms with Crippen LogP contribution in [0.5, 0.6) is 0 Å². The highest BCUT2D eigenvalue weighted by molar-refractivity contribution is 7.92. The van der Waals surface area contributed by atoms with E-state index < -0.39 is 16.3 Å². The SMILES string of the molecule is CC1C(CN2CCN(c3ccc([N+](=O)[O-])cc3)CC2)OC(c2ccc(NS(=O)(=O)c3ccccc3)cc2)OC1c1ccc(CO)cc1. The Kier molecular flexibility index (Phi) is 9.85. The molecule has 0 spiro atoms. The van der Waals surface area contributed by atoms with Gasteiger partial charge in [-0.05, 0) is 47.5 Å². The molecule has 4 aromatic rings. The number of rotatable bonds is 10. The van der Waals surface area contributed by atoms with E-state index in [1.807, 2.05) is 36.4 Å². The highest BCUT2D eigenvalue weighted by atomic mass is 32.2. The fraction of sp³-hybridized carbons (Fsp3) is 0.314. The molecule has 0 aromatic heterocycles. The number of non-ortho nitro benzene ring substituents is 1. The fourth-order valence-electron chi connectivity index (χ4n) is 6.08. The summed E-state index contributed by atoms with van der Waals surface area (Å²) in [6.45, 7) is 5.95. The molecule has 47 heavy (non-hydrogen) atoms. The molecule has 0 aliphatic carbocycles. The van der Waals surface area contributed by atoms with Crippen LogP contribution in [0.4, 0.5) is 17.1 Å². The Hall–Kier alpha value is -4.33. The maximum atomic E-state index is 12.8. The second-order valence-electron chi connectivity index (χ2n) is 11.9. The van der Waals surface area contributed by atoms with Gasteiger partial charge >= 0.3 is 0 Å². The van der Waals surface area contributed by atoms with Crippen LogP contribution in [-0.4, -0.2) is 62.2 Å². The smallest absolute Gasteiger partial charge is 0.269 e. The lowest BCUT2D eigenvalue weighted by molar-refractivity contribution is -0.384. The van der Waals surface area contributed by atoms with Gasteiger partial charge in [0.25, 0.3) is 15.7 Å². The zero-order chi connectivity index (χ0) is 33.0. The molecule has 4 aromatic carbocycles. The number of nitro groups is 1. The summed E-state index contributed by atoms with van der Waals surface area (Å²) in [6, 6.07) is 29.7. The Morgan fingerprint density at radius 2 is 1.49 bits per heavy atom. The number of benzene rings is 4. The third-order valence-corrected chi connectivity index (χ3v) is 10.2. The molecule has 11 nitrogen and oxygen atoms in total. The Balaban J connectivity index is 1.16. The molecule has 0 bridgehead atoms. The minimum Gasteiger partial charge on any atom is -0.392 e. The average molecular weight is 659 g/mol. The van der Waals surface area contributed by atoms with Crippen molar-refractivity contribution in [1.82, 2.24) is 4.90 Å². The van der Waals surface area contributed by atoms with Crippen molar-refractivity contribution in [2.24, 2.45) is 5.92 Å². The van der Waals surface area contributed by atoms with E-state index in [4.69, 9.17) is 9.47 Å². The van der Waals surface area contributed by atoms with Crippen LogP contribution in [0.3, 0.4) is 0 Å². The van der Waals surface area contributed by atoms with Crippen LogP contribution in [0.1, 0.15) is 36.0 Å². The van der Waals surface area contributed by atoms with Crippen molar-refractivity contribution in [2.45, 2.75) is 36.9 Å². The van der Waals surface area contributed by atoms with Crippen molar-refractivity contribution in [2.75, 3.05) is 42.3 Å². The highest BCUT2D eigenvalue weighted by Gasteiger charge is 2.39. The third-order valence-electron chi connectivity index (χ3n) is 8.85. The molecule has 246 valence electrons. The number of hydrogen-bond donors (Lipinski definition) is 2. The van der Waals surface area contributed by atoms with E-state index >= 15 is 0 Å². The number of aliphatic hydroxyl groups is 1. The number of hydrogen-bond acceptors (Lipinski definition) is 9. The predicted octanol–water partition coefficient (Wildman–Crippen LogP) is 5.50. The molecule has 0 radical (unpaired) electrons. The summed E-state index contributed by atoms with van der Waals surface area (Å²) in [7, 11) is -3.73. The first-order valence-corrected chi connectivity index (χ1v) is 17.1. The zero-order valence-corrected chi connectivity index (χ0v) is 26.8. The number of anilines is 2. The maximum Gasteiger partial charge on any atom is 0.269 e. The molecular weight excluding hydrogens is 620 g/mol. The minimum atomic E-state index is -3.73. The number of nitro benzene ring substituents is 1. The maximum absolute atomic E-state index is 12.8. The van der Waals surface area contributed by atoms with Gasteiger partial charge in [-0.3, -0.25) is 19.7 Å². The lowest BCUT2D eigenvalue weighted by Gasteiger charge is -2.44. The second kappa shape index (κ2) is 14.2. The Labute approximate surface area is 274 Å². The van der Waals surface area contributed by atoms with Gasteiger partial charge in [0.2, 0.25) is 0 Å². The molecule has 2 heterocycles. The summed E-state index contributed by atoms with van der Waals surface area (Å²) < 4.78 is 41.5. The molecule has 2 fully saturated rings. The molecule has 12 heteroatoms. The van der Waals surface area contributed by atoms with Crippen LogP contribution in [0, 0.1) is 16.0 Å². The van der Waals surface area contributed by atoms with E-state index in [0.717, 1.165) is 48.6 Å². The summed E-state index contributed by atoms with van der Waals surface area (Å²) in [5.41, 5.74) is 4.05. The van der Waals surface area contributed by atoms with Gasteiger partial charge in [0, 0.05) is 67.7 Å². The molecule has 2 N–H and O–H groups in total. The Morgan fingerprint density at radius 1 is 0.851 bits per heavy atom. The van der Waals surface area contributed by atoms with E-state index in [9.17, 15) is 23.6 Å². The molecule has 6 rings (SSSR count). The van der Waals surface area contributed by atoms with Crippen molar-refractivity contribution < 1.29 is 27.9 Å². The van der Waals surface area contributed by atoms with Crippen LogP contribution in [0.25, 0.3) is 0 Å². The lowest BCUT2D eigenvalue weighted by atomic mass is 9.90. The summed E-state index contributed by atoms with van der Waals surface area (Å²) >= 11 is 0. The number of nitrogens with one attached hydrogen (secondary N) is 1. The molecule has 4 unspecified atom stereocenters. The zero-order valence-electron chi connectivity index (χ0n) is 26.0. The van der Waals surface area contributed by atoms with Crippen molar-refractivity contribution >= 4 is 27.1 Å². The summed E-state index contributed by atoms with van der Waals surface area (Å²) in [4.78, 5) is 15.4. The van der Waals surface area contributed by atoms with Crippen LogP contribution >= 0.6 is 0 Å². The largest absolute Gasteiger partial charge is 0.392 e. The van der Waals surface area contributed by atoms with E-state index in [0.29, 0.717) is 12.2 Å². The second-order valence-corrected chi connectivity index (χ2v) is 13.6. The summed E-state index contributed by atoms with van der Waals surface area (Å²) in [5, 5.41) is 20.6. The number of sulfonamides is 1. The number of nitrogens with zero attached hydrogens (tertiary/aromatic N) is 3. The average Bonchev–Trinajstić information content (AvgIpc) is 3.10. The molecule has 2 aliphatic heterocycles. The topological polar surface area (TPSA) is 134 Å². The van der Waals surface area contributed by atoms with Crippen LogP contribution < -0.4 is 9.62 Å². The normalized spacial score (nSPS) is 22.1. The summed E-state index contributed by atoms with van der Waals surface area (Å²) in [6.07, 6.45) is -1.12. The van der Waals surface area contributed by atoms with E-state index in [2.05, 4.69) is 21.4 Å². The van der Waals surface area contributed by atoms with Crippen LogP contribution in [-0.2, 0) is 26.1 Å². The number of piperazine rings is 1. The Morgan fingerprint density at radius 3 is 2.11 bits per heavy atom. The number of aliphatic hydroxyl groups excluding tert-OH is 1. The van der Waals surface area contributed by atoms with Gasteiger partial charge in [-0.1, -0.05) is 61.5 Å². The van der Waals surface area contributed by atoms with Crippen LogP contribution in [0.15, 0.2) is 108 Å². The molecule has 0 saturated carbocycles. The van der Waals surface area contributed by atoms with Crippen molar-refractivity contribution in [3.8, 4) is 0 Å². The quantitative estimate of drug-likeness (QED) is 0.167. The highest BCUT2D eigenvalue weighted by Crippen LogP contribution is 2.42. The van der Waals surface area contributed by atoms with Gasteiger partial charge in [0.1, 0.15) is 0 Å². The van der Waals surface area contributed by atoms with Gasteiger partial charge in [-0.15, -0.1) is 0 Å². The van der Waals surface area contributed by atoms with E-state index in [-0.39, 0.29) is 40.2 Å². The van der Waals surface area contributed by atoms with Gasteiger partial charge in [-0.2, -0.15) is 0 Å². The summed E-state index contributed by atoms with van der Waals surface area (Å²) in [5.74, 6) is 0.0101. The minimum absolute atomic E-state index is 0.0101. The van der Waals surface area contributed by atoms with Crippen LogP contribution in [0.2, 0.25) is 0 Å². The molecule has 2 aliphatic rings. The lowest BCUT2D eigenvalue weighted by Crippen LogP contribution is -2.51.